The number of furan rings is 1. The van der Waals surface area contributed by atoms with Crippen LogP contribution in [0, 0.1) is 12.8 Å². The first-order valence-electron chi connectivity index (χ1n) is 7.62. The van der Waals surface area contributed by atoms with Crippen molar-refractivity contribution >= 4 is 11.8 Å². The number of carbonyl (C=O) groups excluding carboxylic acids is 2. The van der Waals surface area contributed by atoms with E-state index < -0.39 is 0 Å². The van der Waals surface area contributed by atoms with E-state index in [4.69, 9.17) is 4.42 Å². The van der Waals surface area contributed by atoms with Gasteiger partial charge in [-0.3, -0.25) is 14.6 Å². The maximum atomic E-state index is 12.2. The Hall–Kier alpha value is -2.63. The predicted octanol–water partition coefficient (Wildman–Crippen LogP) is 1.65. The molecular weight excluding hydrogens is 294 g/mol. The smallest absolute Gasteiger partial charge is 0.225 e. The fourth-order valence-electron chi connectivity index (χ4n) is 2.69. The number of likely N-dealkylation sites (tertiary alicyclic amines) is 1. The van der Waals surface area contributed by atoms with E-state index in [1.54, 1.807) is 11.1 Å². The van der Waals surface area contributed by atoms with E-state index in [1.165, 1.54) is 0 Å². The molecule has 6 heteroatoms. The Balaban J connectivity index is 1.53. The fraction of sp³-hybridized carbons (Fsp3) is 0.353. The zero-order chi connectivity index (χ0) is 16.2. The molecule has 120 valence electrons. The SMILES string of the molecule is Cc1ccc(CNC(=O)[C@H]2CC(=O)N(Cc3ccccn3)C2)o1. The normalized spacial score (nSPS) is 17.5. The lowest BCUT2D eigenvalue weighted by molar-refractivity contribution is -0.129. The second-order valence-corrected chi connectivity index (χ2v) is 5.73. The van der Waals surface area contributed by atoms with Crippen LogP contribution in [-0.2, 0) is 22.7 Å². The quantitative estimate of drug-likeness (QED) is 0.910. The Labute approximate surface area is 134 Å². The van der Waals surface area contributed by atoms with Gasteiger partial charge in [0.25, 0.3) is 0 Å². The van der Waals surface area contributed by atoms with Crippen molar-refractivity contribution in [2.45, 2.75) is 26.4 Å². The lowest BCUT2D eigenvalue weighted by Gasteiger charge is -2.15. The van der Waals surface area contributed by atoms with Crippen LogP contribution in [0.2, 0.25) is 0 Å². The summed E-state index contributed by atoms with van der Waals surface area (Å²) in [6, 6.07) is 9.29. The molecule has 1 saturated heterocycles. The number of rotatable bonds is 5. The van der Waals surface area contributed by atoms with E-state index in [0.29, 0.717) is 25.4 Å². The average Bonchev–Trinajstić information content (AvgIpc) is 3.12. The number of nitrogens with zero attached hydrogens (tertiary/aromatic N) is 2. The lowest BCUT2D eigenvalue weighted by Crippen LogP contribution is -2.32. The minimum absolute atomic E-state index is 0.00959. The maximum absolute atomic E-state index is 12.2. The topological polar surface area (TPSA) is 75.4 Å². The van der Waals surface area contributed by atoms with Crippen molar-refractivity contribution in [1.29, 1.82) is 0 Å². The third kappa shape index (κ3) is 3.77. The highest BCUT2D eigenvalue weighted by molar-refractivity contribution is 5.89. The molecule has 3 heterocycles. The zero-order valence-electron chi connectivity index (χ0n) is 13.0. The van der Waals surface area contributed by atoms with E-state index >= 15 is 0 Å². The first kappa shape index (κ1) is 15.3. The summed E-state index contributed by atoms with van der Waals surface area (Å²) in [7, 11) is 0. The van der Waals surface area contributed by atoms with Gasteiger partial charge in [-0.05, 0) is 31.2 Å². The zero-order valence-corrected chi connectivity index (χ0v) is 13.0. The van der Waals surface area contributed by atoms with E-state index in [2.05, 4.69) is 10.3 Å². The molecule has 0 unspecified atom stereocenters. The van der Waals surface area contributed by atoms with Gasteiger partial charge in [0.1, 0.15) is 11.5 Å². The number of carbonyl (C=O) groups is 2. The van der Waals surface area contributed by atoms with Crippen LogP contribution in [0.15, 0.2) is 40.9 Å². The van der Waals surface area contributed by atoms with Gasteiger partial charge in [0, 0.05) is 19.2 Å². The molecule has 1 N–H and O–H groups in total. The third-order valence-corrected chi connectivity index (χ3v) is 3.90. The van der Waals surface area contributed by atoms with Crippen molar-refractivity contribution in [2.75, 3.05) is 6.54 Å². The Bertz CT molecular complexity index is 696. The molecule has 23 heavy (non-hydrogen) atoms. The third-order valence-electron chi connectivity index (χ3n) is 3.90. The first-order chi connectivity index (χ1) is 11.1. The van der Waals surface area contributed by atoms with Crippen molar-refractivity contribution in [3.05, 3.63) is 53.7 Å². The molecular formula is C17H19N3O3. The van der Waals surface area contributed by atoms with Gasteiger partial charge in [-0.15, -0.1) is 0 Å². The summed E-state index contributed by atoms with van der Waals surface area (Å²) in [5, 5.41) is 2.83. The molecule has 3 rings (SSSR count). The van der Waals surface area contributed by atoms with Crippen LogP contribution in [-0.4, -0.2) is 28.2 Å². The molecule has 0 spiro atoms. The summed E-state index contributed by atoms with van der Waals surface area (Å²) in [6.07, 6.45) is 1.95. The average molecular weight is 313 g/mol. The van der Waals surface area contributed by atoms with Crippen LogP contribution >= 0.6 is 0 Å². The highest BCUT2D eigenvalue weighted by Gasteiger charge is 2.34. The van der Waals surface area contributed by atoms with Crippen LogP contribution in [0.5, 0.6) is 0 Å². The molecule has 2 aromatic heterocycles. The number of hydrogen-bond acceptors (Lipinski definition) is 4. The number of aromatic nitrogens is 1. The highest BCUT2D eigenvalue weighted by Crippen LogP contribution is 2.20. The van der Waals surface area contributed by atoms with Gasteiger partial charge in [0.15, 0.2) is 0 Å². The van der Waals surface area contributed by atoms with Gasteiger partial charge < -0.3 is 14.6 Å². The summed E-state index contributed by atoms with van der Waals surface area (Å²) in [5.41, 5.74) is 0.827. The summed E-state index contributed by atoms with van der Waals surface area (Å²) in [4.78, 5) is 30.2. The number of pyridine rings is 1. The molecule has 2 amide bonds. The van der Waals surface area contributed by atoms with Gasteiger partial charge in [-0.1, -0.05) is 6.07 Å². The van der Waals surface area contributed by atoms with Gasteiger partial charge in [-0.2, -0.15) is 0 Å². The van der Waals surface area contributed by atoms with Crippen molar-refractivity contribution in [3.63, 3.8) is 0 Å². The van der Waals surface area contributed by atoms with E-state index in [9.17, 15) is 9.59 Å². The number of amides is 2. The van der Waals surface area contributed by atoms with Crippen LogP contribution in [0.3, 0.4) is 0 Å². The van der Waals surface area contributed by atoms with Crippen molar-refractivity contribution in [1.82, 2.24) is 15.2 Å². The second kappa shape index (κ2) is 6.64. The first-order valence-corrected chi connectivity index (χ1v) is 7.62. The Kier molecular flexibility index (Phi) is 4.41. The largest absolute Gasteiger partial charge is 0.465 e. The summed E-state index contributed by atoms with van der Waals surface area (Å²) < 4.78 is 5.42. The van der Waals surface area contributed by atoms with Gasteiger partial charge >= 0.3 is 0 Å². The number of hydrogen-bond donors (Lipinski definition) is 1. The van der Waals surface area contributed by atoms with Crippen LogP contribution in [0.25, 0.3) is 0 Å². The monoisotopic (exact) mass is 313 g/mol. The Morgan fingerprint density at radius 2 is 2.26 bits per heavy atom. The Morgan fingerprint density at radius 1 is 1.39 bits per heavy atom. The van der Waals surface area contributed by atoms with Crippen LogP contribution in [0.1, 0.15) is 23.6 Å². The van der Waals surface area contributed by atoms with E-state index in [1.807, 2.05) is 37.3 Å². The molecule has 1 aliphatic heterocycles. The summed E-state index contributed by atoms with van der Waals surface area (Å²) in [6.45, 7) is 3.08. The highest BCUT2D eigenvalue weighted by atomic mass is 16.3. The standard InChI is InChI=1S/C17H19N3O3/c1-12-5-6-15(23-12)9-19-17(22)13-8-16(21)20(10-13)11-14-4-2-3-7-18-14/h2-7,13H,8-11H2,1H3,(H,19,22)/t13-/m0/s1. The number of nitrogens with one attached hydrogen (secondary N) is 1. The molecule has 1 fully saturated rings. The molecule has 0 aromatic carbocycles. The van der Waals surface area contributed by atoms with E-state index in [0.717, 1.165) is 11.5 Å². The second-order valence-electron chi connectivity index (χ2n) is 5.73. The van der Waals surface area contributed by atoms with Crippen molar-refractivity contribution < 1.29 is 14.0 Å². The predicted molar refractivity (Wildman–Crippen MR) is 83.1 cm³/mol. The minimum Gasteiger partial charge on any atom is -0.465 e. The fourth-order valence-corrected chi connectivity index (χ4v) is 2.69. The van der Waals surface area contributed by atoms with E-state index in [-0.39, 0.29) is 24.2 Å². The number of aryl methyl sites for hydroxylation is 1. The van der Waals surface area contributed by atoms with Crippen LogP contribution in [0.4, 0.5) is 0 Å². The molecule has 0 saturated carbocycles. The van der Waals surface area contributed by atoms with Crippen molar-refractivity contribution in [3.8, 4) is 0 Å². The summed E-state index contributed by atoms with van der Waals surface area (Å²) in [5.74, 6) is 1.08. The molecule has 0 bridgehead atoms. The van der Waals surface area contributed by atoms with Crippen molar-refractivity contribution in [2.24, 2.45) is 5.92 Å². The molecule has 6 nitrogen and oxygen atoms in total. The molecule has 2 aromatic rings. The van der Waals surface area contributed by atoms with Gasteiger partial charge in [-0.25, -0.2) is 0 Å². The molecule has 1 atom stereocenters. The van der Waals surface area contributed by atoms with Crippen LogP contribution < -0.4 is 5.32 Å². The van der Waals surface area contributed by atoms with Gasteiger partial charge in [0.05, 0.1) is 24.7 Å². The maximum Gasteiger partial charge on any atom is 0.225 e. The minimum atomic E-state index is -0.317. The lowest BCUT2D eigenvalue weighted by atomic mass is 10.1. The molecule has 0 aliphatic carbocycles. The molecule has 1 aliphatic rings. The van der Waals surface area contributed by atoms with Gasteiger partial charge in [0.2, 0.25) is 11.8 Å². The molecule has 0 radical (unpaired) electrons. The Morgan fingerprint density at radius 3 is 2.96 bits per heavy atom. The summed E-state index contributed by atoms with van der Waals surface area (Å²) >= 11 is 0.